The van der Waals surface area contributed by atoms with Crippen LogP contribution in [0.5, 0.6) is 5.75 Å². The van der Waals surface area contributed by atoms with E-state index in [0.29, 0.717) is 18.3 Å². The molecule has 1 aliphatic rings. The number of carbonyl (C=O) groups is 1. The van der Waals surface area contributed by atoms with Crippen LogP contribution in [0, 0.1) is 11.8 Å². The van der Waals surface area contributed by atoms with Gasteiger partial charge in [0.25, 0.3) is 0 Å². The highest BCUT2D eigenvalue weighted by atomic mass is 16.5. The highest BCUT2D eigenvalue weighted by Crippen LogP contribution is 2.35. The van der Waals surface area contributed by atoms with Gasteiger partial charge in [-0.2, -0.15) is 0 Å². The van der Waals surface area contributed by atoms with Crippen LogP contribution in [-0.4, -0.2) is 28.9 Å². The first-order valence-corrected chi connectivity index (χ1v) is 9.56. The van der Waals surface area contributed by atoms with Gasteiger partial charge in [0.15, 0.2) is 0 Å². The minimum absolute atomic E-state index is 0.238. The largest absolute Gasteiger partial charge is 0.491 e. The van der Waals surface area contributed by atoms with E-state index in [-0.39, 0.29) is 13.0 Å². The van der Waals surface area contributed by atoms with Crippen LogP contribution < -0.4 is 4.74 Å². The van der Waals surface area contributed by atoms with E-state index in [2.05, 4.69) is 18.2 Å². The molecule has 4 nitrogen and oxygen atoms in total. The third-order valence-electron chi connectivity index (χ3n) is 4.83. The lowest BCUT2D eigenvalue weighted by Crippen LogP contribution is -2.15. The average Bonchev–Trinajstić information content (AvgIpc) is 3.09. The Morgan fingerprint density at radius 1 is 1.23 bits per heavy atom. The van der Waals surface area contributed by atoms with Crippen molar-refractivity contribution in [2.45, 2.75) is 51.0 Å². The molecular weight excluding hydrogens is 328 g/mol. The summed E-state index contributed by atoms with van der Waals surface area (Å²) in [5, 5.41) is 18.7. The van der Waals surface area contributed by atoms with Crippen molar-refractivity contribution in [1.82, 2.24) is 0 Å². The summed E-state index contributed by atoms with van der Waals surface area (Å²) in [7, 11) is 0. The zero-order valence-corrected chi connectivity index (χ0v) is 15.3. The Bertz CT molecular complexity index is 579. The summed E-state index contributed by atoms with van der Waals surface area (Å²) >= 11 is 0. The number of benzene rings is 1. The Balaban J connectivity index is 1.68. The molecule has 26 heavy (non-hydrogen) atoms. The van der Waals surface area contributed by atoms with Gasteiger partial charge in [-0.25, -0.2) is 0 Å². The molecule has 0 radical (unpaired) electrons. The van der Waals surface area contributed by atoms with E-state index < -0.39 is 12.1 Å². The number of aliphatic hydroxyl groups is 1. The normalized spacial score (nSPS) is 21.4. The van der Waals surface area contributed by atoms with Gasteiger partial charge in [0.2, 0.25) is 0 Å². The lowest BCUT2D eigenvalue weighted by atomic mass is 9.92. The predicted octanol–water partition coefficient (Wildman–Crippen LogP) is 4.60. The topological polar surface area (TPSA) is 66.8 Å². The SMILES string of the molecule is O=C(O)CCCC=CC[C@H]1CCC[C@@H]1C=CC(O)COc1ccccc1. The first kappa shape index (κ1) is 20.2. The van der Waals surface area contributed by atoms with E-state index in [1.54, 1.807) is 0 Å². The fourth-order valence-corrected chi connectivity index (χ4v) is 3.40. The van der Waals surface area contributed by atoms with Crippen LogP contribution in [0.3, 0.4) is 0 Å². The number of ether oxygens (including phenoxy) is 1. The van der Waals surface area contributed by atoms with Crippen LogP contribution in [0.1, 0.15) is 44.9 Å². The number of aliphatic hydroxyl groups excluding tert-OH is 1. The molecule has 1 aromatic carbocycles. The summed E-state index contributed by atoms with van der Waals surface area (Å²) in [5.41, 5.74) is 0. The van der Waals surface area contributed by atoms with Crippen LogP contribution in [0.2, 0.25) is 0 Å². The fraction of sp³-hybridized carbons (Fsp3) is 0.500. The van der Waals surface area contributed by atoms with E-state index in [4.69, 9.17) is 9.84 Å². The summed E-state index contributed by atoms with van der Waals surface area (Å²) in [6.07, 6.45) is 14.1. The van der Waals surface area contributed by atoms with Gasteiger partial charge in [0.05, 0.1) is 0 Å². The summed E-state index contributed by atoms with van der Waals surface area (Å²) < 4.78 is 5.57. The van der Waals surface area contributed by atoms with Gasteiger partial charge in [-0.3, -0.25) is 4.79 Å². The maximum absolute atomic E-state index is 10.5. The van der Waals surface area contributed by atoms with E-state index in [1.807, 2.05) is 36.4 Å². The molecule has 0 bridgehead atoms. The van der Waals surface area contributed by atoms with Crippen molar-refractivity contribution < 1.29 is 19.7 Å². The zero-order valence-electron chi connectivity index (χ0n) is 15.3. The highest BCUT2D eigenvalue weighted by molar-refractivity contribution is 5.66. The first-order chi connectivity index (χ1) is 12.6. The monoisotopic (exact) mass is 358 g/mol. The van der Waals surface area contributed by atoms with Gasteiger partial charge in [-0.1, -0.05) is 48.9 Å². The third kappa shape index (κ3) is 7.87. The number of allylic oxidation sites excluding steroid dienone is 3. The smallest absolute Gasteiger partial charge is 0.303 e. The van der Waals surface area contributed by atoms with Gasteiger partial charge in [0.1, 0.15) is 18.5 Å². The maximum atomic E-state index is 10.5. The molecule has 2 rings (SSSR count). The Morgan fingerprint density at radius 2 is 2.04 bits per heavy atom. The van der Waals surface area contributed by atoms with Crippen LogP contribution >= 0.6 is 0 Å². The number of carboxylic acids is 1. The van der Waals surface area contributed by atoms with E-state index in [9.17, 15) is 9.90 Å². The molecular formula is C22H30O4. The molecule has 0 heterocycles. The molecule has 0 amide bonds. The van der Waals surface area contributed by atoms with E-state index >= 15 is 0 Å². The second-order valence-corrected chi connectivity index (χ2v) is 6.92. The molecule has 0 saturated heterocycles. The number of hydrogen-bond donors (Lipinski definition) is 2. The Labute approximate surface area is 156 Å². The summed E-state index contributed by atoms with van der Waals surface area (Å²) in [6, 6.07) is 9.52. The maximum Gasteiger partial charge on any atom is 0.303 e. The van der Waals surface area contributed by atoms with Gasteiger partial charge < -0.3 is 14.9 Å². The van der Waals surface area contributed by atoms with Crippen molar-refractivity contribution in [2.75, 3.05) is 6.61 Å². The molecule has 1 aliphatic carbocycles. The minimum Gasteiger partial charge on any atom is -0.491 e. The van der Waals surface area contributed by atoms with Gasteiger partial charge >= 0.3 is 5.97 Å². The summed E-state index contributed by atoms with van der Waals surface area (Å²) in [6.45, 7) is 0.265. The standard InChI is InChI=1S/C22H30O4/c23-20(17-26-21-12-5-3-6-13-21)16-15-19-11-8-10-18(19)9-4-1-2-7-14-22(24)25/h1,3-6,12-13,15-16,18-20,23H,2,7-11,14,17H2,(H,24,25)/t18-,19+,20?/m0/s1. The first-order valence-electron chi connectivity index (χ1n) is 9.56. The molecule has 1 saturated carbocycles. The Morgan fingerprint density at radius 3 is 2.81 bits per heavy atom. The second kappa shape index (κ2) is 11.5. The number of para-hydroxylation sites is 1. The van der Waals surface area contributed by atoms with E-state index in [1.165, 1.54) is 19.3 Å². The van der Waals surface area contributed by atoms with Crippen molar-refractivity contribution in [3.8, 4) is 5.75 Å². The molecule has 3 atom stereocenters. The van der Waals surface area contributed by atoms with Crippen molar-refractivity contribution in [2.24, 2.45) is 11.8 Å². The van der Waals surface area contributed by atoms with Crippen LogP contribution in [0.4, 0.5) is 0 Å². The van der Waals surface area contributed by atoms with Gasteiger partial charge in [-0.15, -0.1) is 0 Å². The summed E-state index contributed by atoms with van der Waals surface area (Å²) in [4.78, 5) is 10.5. The van der Waals surface area contributed by atoms with Crippen molar-refractivity contribution in [3.05, 3.63) is 54.6 Å². The molecule has 2 N–H and O–H groups in total. The van der Waals surface area contributed by atoms with Gasteiger partial charge in [0, 0.05) is 6.42 Å². The number of carboxylic acid groups (broad SMARTS) is 1. The molecule has 0 aliphatic heterocycles. The van der Waals surface area contributed by atoms with Crippen molar-refractivity contribution >= 4 is 5.97 Å². The lowest BCUT2D eigenvalue weighted by molar-refractivity contribution is -0.137. The van der Waals surface area contributed by atoms with E-state index in [0.717, 1.165) is 18.6 Å². The van der Waals surface area contributed by atoms with Crippen LogP contribution in [0.25, 0.3) is 0 Å². The lowest BCUT2D eigenvalue weighted by Gasteiger charge is -2.15. The van der Waals surface area contributed by atoms with Crippen molar-refractivity contribution in [1.29, 1.82) is 0 Å². The number of unbranched alkanes of at least 4 members (excludes halogenated alkanes) is 1. The highest BCUT2D eigenvalue weighted by Gasteiger charge is 2.24. The summed E-state index contributed by atoms with van der Waals surface area (Å²) in [5.74, 6) is 1.16. The molecule has 0 spiro atoms. The second-order valence-electron chi connectivity index (χ2n) is 6.92. The van der Waals surface area contributed by atoms with Crippen LogP contribution in [-0.2, 0) is 4.79 Å². The third-order valence-corrected chi connectivity index (χ3v) is 4.83. The van der Waals surface area contributed by atoms with Crippen molar-refractivity contribution in [3.63, 3.8) is 0 Å². The fourth-order valence-electron chi connectivity index (χ4n) is 3.40. The molecule has 1 aromatic rings. The predicted molar refractivity (Wildman–Crippen MR) is 103 cm³/mol. The quantitative estimate of drug-likeness (QED) is 0.448. The minimum atomic E-state index is -0.728. The number of aliphatic carboxylic acids is 1. The zero-order chi connectivity index (χ0) is 18.6. The Hall–Kier alpha value is -2.07. The number of rotatable bonds is 11. The molecule has 142 valence electrons. The molecule has 1 fully saturated rings. The Kier molecular flexibility index (Phi) is 8.98. The molecule has 4 heteroatoms. The van der Waals surface area contributed by atoms with Crippen LogP contribution in [0.15, 0.2) is 54.6 Å². The van der Waals surface area contributed by atoms with Gasteiger partial charge in [-0.05, 0) is 56.1 Å². The molecule has 0 aromatic heterocycles. The average molecular weight is 358 g/mol. The molecule has 1 unspecified atom stereocenters. The number of hydrogen-bond acceptors (Lipinski definition) is 3.